The summed E-state index contributed by atoms with van der Waals surface area (Å²) < 4.78 is 0. The molecule has 0 saturated heterocycles. The average molecular weight is 247 g/mol. The topological polar surface area (TPSA) is 49.3 Å². The summed E-state index contributed by atoms with van der Waals surface area (Å²) in [5, 5.41) is 12.3. The summed E-state index contributed by atoms with van der Waals surface area (Å²) in [6.07, 6.45) is 6.38. The van der Waals surface area contributed by atoms with Gasteiger partial charge in [0.15, 0.2) is 0 Å². The molecule has 1 fully saturated rings. The fourth-order valence-corrected chi connectivity index (χ4v) is 2.63. The lowest BCUT2D eigenvalue weighted by Gasteiger charge is -2.21. The van der Waals surface area contributed by atoms with Gasteiger partial charge in [-0.3, -0.25) is 4.79 Å². The van der Waals surface area contributed by atoms with Crippen molar-refractivity contribution in [2.24, 2.45) is 5.92 Å². The van der Waals surface area contributed by atoms with Crippen molar-refractivity contribution in [1.29, 1.82) is 0 Å². The maximum Gasteiger partial charge on any atom is 0.251 e. The number of hydrogen-bond acceptors (Lipinski definition) is 2. The number of phenols is 1. The van der Waals surface area contributed by atoms with Gasteiger partial charge in [-0.25, -0.2) is 0 Å². The van der Waals surface area contributed by atoms with Gasteiger partial charge >= 0.3 is 0 Å². The van der Waals surface area contributed by atoms with Crippen LogP contribution in [0.5, 0.6) is 5.75 Å². The first-order valence-corrected chi connectivity index (χ1v) is 6.74. The van der Waals surface area contributed by atoms with Gasteiger partial charge < -0.3 is 10.4 Å². The summed E-state index contributed by atoms with van der Waals surface area (Å²) in [6.45, 7) is 2.62. The molecule has 1 aromatic rings. The Morgan fingerprint density at radius 1 is 1.33 bits per heavy atom. The molecule has 1 amide bonds. The second kappa shape index (κ2) is 5.89. The summed E-state index contributed by atoms with van der Waals surface area (Å²) in [5.41, 5.74) is 1.47. The van der Waals surface area contributed by atoms with E-state index in [1.54, 1.807) is 18.2 Å². The largest absolute Gasteiger partial charge is 0.508 e. The molecule has 0 bridgehead atoms. The maximum atomic E-state index is 12.0. The third kappa shape index (κ3) is 3.25. The van der Waals surface area contributed by atoms with Crippen LogP contribution >= 0.6 is 0 Å². The minimum atomic E-state index is -0.0296. The zero-order valence-corrected chi connectivity index (χ0v) is 10.9. The van der Waals surface area contributed by atoms with Gasteiger partial charge in [0.1, 0.15) is 5.75 Å². The van der Waals surface area contributed by atoms with Crippen molar-refractivity contribution in [3.8, 4) is 5.75 Å². The predicted molar refractivity (Wildman–Crippen MR) is 71.8 cm³/mol. The Hall–Kier alpha value is -1.51. The summed E-state index contributed by atoms with van der Waals surface area (Å²) in [7, 11) is 0. The van der Waals surface area contributed by atoms with Crippen molar-refractivity contribution in [3.63, 3.8) is 0 Å². The molecule has 2 N–H and O–H groups in total. The highest BCUT2D eigenvalue weighted by Crippen LogP contribution is 2.23. The van der Waals surface area contributed by atoms with E-state index < -0.39 is 0 Å². The Morgan fingerprint density at radius 3 is 2.72 bits per heavy atom. The van der Waals surface area contributed by atoms with Gasteiger partial charge in [-0.1, -0.05) is 19.3 Å². The third-order valence-electron chi connectivity index (χ3n) is 3.73. The van der Waals surface area contributed by atoms with Crippen LogP contribution in [-0.2, 0) is 0 Å². The minimum absolute atomic E-state index is 0.0296. The van der Waals surface area contributed by atoms with Crippen LogP contribution in [0.25, 0.3) is 0 Å². The predicted octanol–water partition coefficient (Wildman–Crippen LogP) is 3.01. The van der Waals surface area contributed by atoms with Crippen LogP contribution in [0.3, 0.4) is 0 Å². The highest BCUT2D eigenvalue weighted by molar-refractivity contribution is 5.95. The maximum absolute atomic E-state index is 12.0. The van der Waals surface area contributed by atoms with Gasteiger partial charge in [0, 0.05) is 12.1 Å². The van der Waals surface area contributed by atoms with E-state index >= 15 is 0 Å². The average Bonchev–Trinajstić information content (AvgIpc) is 2.37. The van der Waals surface area contributed by atoms with Crippen molar-refractivity contribution in [2.45, 2.75) is 39.0 Å². The normalized spacial score (nSPS) is 16.5. The number of aromatic hydroxyl groups is 1. The molecular formula is C15H21NO2. The zero-order chi connectivity index (χ0) is 13.0. The van der Waals surface area contributed by atoms with Gasteiger partial charge in [-0.05, 0) is 49.4 Å². The number of carbonyl (C=O) groups excluding carboxylic acids is 1. The quantitative estimate of drug-likeness (QED) is 0.862. The molecule has 18 heavy (non-hydrogen) atoms. The van der Waals surface area contributed by atoms with E-state index in [2.05, 4.69) is 5.32 Å². The minimum Gasteiger partial charge on any atom is -0.508 e. The number of nitrogens with one attached hydrogen (secondary N) is 1. The van der Waals surface area contributed by atoms with Crippen molar-refractivity contribution in [2.75, 3.05) is 6.54 Å². The molecular weight excluding hydrogens is 226 g/mol. The Kier molecular flexibility index (Phi) is 4.24. The van der Waals surface area contributed by atoms with Crippen LogP contribution in [0.15, 0.2) is 18.2 Å². The molecule has 0 aromatic heterocycles. The van der Waals surface area contributed by atoms with Crippen LogP contribution in [0.2, 0.25) is 0 Å². The van der Waals surface area contributed by atoms with Crippen LogP contribution in [0, 0.1) is 12.8 Å². The number of aryl methyl sites for hydroxylation is 1. The molecule has 0 heterocycles. The fourth-order valence-electron chi connectivity index (χ4n) is 2.63. The van der Waals surface area contributed by atoms with E-state index in [9.17, 15) is 9.90 Å². The molecule has 98 valence electrons. The Labute approximate surface area is 108 Å². The third-order valence-corrected chi connectivity index (χ3v) is 3.73. The number of hydrogen-bond donors (Lipinski definition) is 2. The summed E-state index contributed by atoms with van der Waals surface area (Å²) in [4.78, 5) is 12.0. The van der Waals surface area contributed by atoms with Crippen LogP contribution in [0.4, 0.5) is 0 Å². The van der Waals surface area contributed by atoms with Crippen LogP contribution in [-0.4, -0.2) is 17.6 Å². The molecule has 1 aliphatic rings. The molecule has 1 saturated carbocycles. The van der Waals surface area contributed by atoms with Crippen molar-refractivity contribution in [1.82, 2.24) is 5.32 Å². The first-order valence-electron chi connectivity index (χ1n) is 6.74. The lowest BCUT2D eigenvalue weighted by molar-refractivity contribution is 0.0943. The summed E-state index contributed by atoms with van der Waals surface area (Å²) in [6, 6.07) is 4.86. The number of carbonyl (C=O) groups is 1. The van der Waals surface area contributed by atoms with Gasteiger partial charge in [0.2, 0.25) is 0 Å². The van der Waals surface area contributed by atoms with Gasteiger partial charge in [-0.15, -0.1) is 0 Å². The number of phenolic OH excluding ortho intramolecular Hbond substituents is 1. The SMILES string of the molecule is Cc1cc(O)ccc1C(=O)NCC1CCCCC1. The van der Waals surface area contributed by atoms with Crippen molar-refractivity contribution >= 4 is 5.91 Å². The van der Waals surface area contributed by atoms with Crippen LogP contribution < -0.4 is 5.32 Å². The smallest absolute Gasteiger partial charge is 0.251 e. The van der Waals surface area contributed by atoms with E-state index in [0.717, 1.165) is 12.1 Å². The highest BCUT2D eigenvalue weighted by atomic mass is 16.3. The number of rotatable bonds is 3. The Morgan fingerprint density at radius 2 is 2.06 bits per heavy atom. The first kappa shape index (κ1) is 12.9. The molecule has 0 unspecified atom stereocenters. The van der Waals surface area contributed by atoms with E-state index in [-0.39, 0.29) is 11.7 Å². The van der Waals surface area contributed by atoms with E-state index in [1.807, 2.05) is 6.92 Å². The van der Waals surface area contributed by atoms with Gasteiger partial charge in [0.05, 0.1) is 0 Å². The molecule has 0 radical (unpaired) electrons. The van der Waals surface area contributed by atoms with Crippen molar-refractivity contribution in [3.05, 3.63) is 29.3 Å². The Bertz CT molecular complexity index is 423. The lowest BCUT2D eigenvalue weighted by atomic mass is 9.89. The number of benzene rings is 1. The van der Waals surface area contributed by atoms with E-state index in [1.165, 1.54) is 32.1 Å². The van der Waals surface area contributed by atoms with Gasteiger partial charge in [-0.2, -0.15) is 0 Å². The second-order valence-corrected chi connectivity index (χ2v) is 5.21. The first-order chi connectivity index (χ1) is 8.66. The van der Waals surface area contributed by atoms with E-state index in [4.69, 9.17) is 0 Å². The van der Waals surface area contributed by atoms with Gasteiger partial charge in [0.25, 0.3) is 5.91 Å². The molecule has 0 aliphatic heterocycles. The van der Waals surface area contributed by atoms with E-state index in [0.29, 0.717) is 11.5 Å². The van der Waals surface area contributed by atoms with Crippen molar-refractivity contribution < 1.29 is 9.90 Å². The molecule has 2 rings (SSSR count). The zero-order valence-electron chi connectivity index (χ0n) is 10.9. The summed E-state index contributed by atoms with van der Waals surface area (Å²) >= 11 is 0. The lowest BCUT2D eigenvalue weighted by Crippen LogP contribution is -2.30. The highest BCUT2D eigenvalue weighted by Gasteiger charge is 2.15. The second-order valence-electron chi connectivity index (χ2n) is 5.21. The molecule has 3 heteroatoms. The molecule has 3 nitrogen and oxygen atoms in total. The molecule has 1 aromatic carbocycles. The summed E-state index contributed by atoms with van der Waals surface area (Å²) in [5.74, 6) is 0.814. The molecule has 1 aliphatic carbocycles. The molecule has 0 spiro atoms. The monoisotopic (exact) mass is 247 g/mol. The number of amides is 1. The molecule has 0 atom stereocenters. The van der Waals surface area contributed by atoms with Crippen LogP contribution in [0.1, 0.15) is 48.0 Å². The standard InChI is InChI=1S/C15H21NO2/c1-11-9-13(17)7-8-14(11)15(18)16-10-12-5-3-2-4-6-12/h7-9,12,17H,2-6,10H2,1H3,(H,16,18). The Balaban J connectivity index is 1.90. The fraction of sp³-hybridized carbons (Fsp3) is 0.533.